The molecule has 1 aromatic carbocycles. The molecular weight excluding hydrogens is 316 g/mol. The Labute approximate surface area is 142 Å². The predicted octanol–water partition coefficient (Wildman–Crippen LogP) is 2.45. The zero-order valence-electron chi connectivity index (χ0n) is 13.9. The Morgan fingerprint density at radius 1 is 1.43 bits per heavy atom. The maximum absolute atomic E-state index is 12.0. The number of hydrogen-bond acceptors (Lipinski definition) is 4. The second-order valence-corrected chi connectivity index (χ2v) is 7.33. The highest BCUT2D eigenvalue weighted by atomic mass is 35.5. The van der Waals surface area contributed by atoms with Crippen LogP contribution < -0.4 is 5.32 Å². The van der Waals surface area contributed by atoms with Crippen LogP contribution in [0.25, 0.3) is 0 Å². The van der Waals surface area contributed by atoms with E-state index in [0.717, 1.165) is 17.0 Å². The van der Waals surface area contributed by atoms with Crippen molar-refractivity contribution in [1.29, 1.82) is 0 Å². The summed E-state index contributed by atoms with van der Waals surface area (Å²) in [7, 11) is 0. The van der Waals surface area contributed by atoms with E-state index in [0.29, 0.717) is 19.6 Å². The van der Waals surface area contributed by atoms with E-state index < -0.39 is 11.7 Å². The molecule has 0 spiro atoms. The Morgan fingerprint density at radius 3 is 2.83 bits per heavy atom. The van der Waals surface area contributed by atoms with Crippen molar-refractivity contribution in [2.45, 2.75) is 44.9 Å². The second-order valence-electron chi connectivity index (χ2n) is 6.89. The van der Waals surface area contributed by atoms with Crippen LogP contribution in [0.3, 0.4) is 0 Å². The molecule has 1 aliphatic rings. The number of carbonyl (C=O) groups excluding carboxylic acids is 1. The van der Waals surface area contributed by atoms with Crippen LogP contribution in [0, 0.1) is 0 Å². The lowest BCUT2D eigenvalue weighted by Gasteiger charge is -2.24. The zero-order chi connectivity index (χ0) is 17.0. The van der Waals surface area contributed by atoms with E-state index in [1.807, 2.05) is 45.0 Å². The number of aliphatic hydroxyl groups is 1. The van der Waals surface area contributed by atoms with Crippen molar-refractivity contribution in [2.75, 3.05) is 19.6 Å². The van der Waals surface area contributed by atoms with Gasteiger partial charge >= 0.3 is 6.09 Å². The number of aliphatic hydroxyl groups excluding tert-OH is 1. The Bertz CT molecular complexity index is 545. The molecule has 1 saturated heterocycles. The molecule has 2 atom stereocenters. The van der Waals surface area contributed by atoms with Crippen LogP contribution in [0.15, 0.2) is 24.3 Å². The molecule has 0 aromatic heterocycles. The number of likely N-dealkylation sites (tertiary alicyclic amines) is 1. The molecule has 2 unspecified atom stereocenters. The van der Waals surface area contributed by atoms with Crippen LogP contribution in [0.1, 0.15) is 26.3 Å². The third-order valence-electron chi connectivity index (χ3n) is 3.65. The number of benzene rings is 1. The van der Waals surface area contributed by atoms with E-state index in [4.69, 9.17) is 16.3 Å². The summed E-state index contributed by atoms with van der Waals surface area (Å²) in [5.41, 5.74) is 0.613. The fourth-order valence-corrected chi connectivity index (χ4v) is 2.77. The van der Waals surface area contributed by atoms with Crippen molar-refractivity contribution in [1.82, 2.24) is 10.2 Å². The molecule has 1 amide bonds. The van der Waals surface area contributed by atoms with Gasteiger partial charge in [-0.25, -0.2) is 4.79 Å². The average molecular weight is 341 g/mol. The number of amides is 1. The van der Waals surface area contributed by atoms with Gasteiger partial charge in [0.2, 0.25) is 0 Å². The molecule has 0 radical (unpaired) electrons. The Balaban J connectivity index is 1.79. The van der Waals surface area contributed by atoms with Gasteiger partial charge in [0.25, 0.3) is 0 Å². The summed E-state index contributed by atoms with van der Waals surface area (Å²) >= 11 is 5.96. The third kappa shape index (κ3) is 5.68. The number of rotatable bonds is 4. The topological polar surface area (TPSA) is 61.8 Å². The molecule has 6 heteroatoms. The minimum Gasteiger partial charge on any atom is -0.444 e. The zero-order valence-corrected chi connectivity index (χ0v) is 14.6. The van der Waals surface area contributed by atoms with Crippen molar-refractivity contribution in [3.8, 4) is 0 Å². The van der Waals surface area contributed by atoms with Gasteiger partial charge in [0.05, 0.1) is 18.7 Å². The maximum Gasteiger partial charge on any atom is 0.410 e. The molecule has 1 fully saturated rings. The number of nitrogens with one attached hydrogen (secondary N) is 1. The lowest BCUT2D eigenvalue weighted by molar-refractivity contribution is 0.0270. The van der Waals surface area contributed by atoms with Crippen LogP contribution in [-0.2, 0) is 11.2 Å². The first-order valence-electron chi connectivity index (χ1n) is 7.88. The molecule has 0 bridgehead atoms. The van der Waals surface area contributed by atoms with E-state index >= 15 is 0 Å². The number of hydrogen-bond donors (Lipinski definition) is 2. The van der Waals surface area contributed by atoms with E-state index in [1.54, 1.807) is 4.90 Å². The fourth-order valence-electron chi connectivity index (χ4n) is 2.56. The largest absolute Gasteiger partial charge is 0.444 e. The first-order chi connectivity index (χ1) is 10.7. The van der Waals surface area contributed by atoms with Crippen molar-refractivity contribution in [3.63, 3.8) is 0 Å². The van der Waals surface area contributed by atoms with E-state index in [2.05, 4.69) is 5.32 Å². The minimum atomic E-state index is -0.582. The van der Waals surface area contributed by atoms with Crippen molar-refractivity contribution in [2.24, 2.45) is 0 Å². The molecule has 1 aromatic rings. The number of nitrogens with zero attached hydrogens (tertiary/aromatic N) is 1. The number of halogens is 1. The molecule has 5 nitrogen and oxygen atoms in total. The van der Waals surface area contributed by atoms with Crippen molar-refractivity contribution < 1.29 is 14.6 Å². The first kappa shape index (κ1) is 18.0. The van der Waals surface area contributed by atoms with Gasteiger partial charge in [-0.15, -0.1) is 0 Å². The summed E-state index contributed by atoms with van der Waals surface area (Å²) in [6, 6.07) is 7.58. The van der Waals surface area contributed by atoms with E-state index in [1.165, 1.54) is 0 Å². The second kappa shape index (κ2) is 7.51. The molecule has 2 N–H and O–H groups in total. The maximum atomic E-state index is 12.0. The SMILES string of the molecule is CC(C)(C)OC(=O)N1CC(O)C(NCCc2cccc(Cl)c2)C1. The van der Waals surface area contributed by atoms with Gasteiger partial charge in [0.15, 0.2) is 0 Å². The molecule has 0 aliphatic carbocycles. The normalized spacial score (nSPS) is 21.5. The highest BCUT2D eigenvalue weighted by Gasteiger charge is 2.35. The minimum absolute atomic E-state index is 0.137. The summed E-state index contributed by atoms with van der Waals surface area (Å²) in [6.07, 6.45) is -0.145. The Kier molecular flexibility index (Phi) is 5.89. The van der Waals surface area contributed by atoms with Crippen molar-refractivity contribution in [3.05, 3.63) is 34.9 Å². The van der Waals surface area contributed by atoms with Crippen LogP contribution >= 0.6 is 11.6 Å². The molecule has 128 valence electrons. The summed E-state index contributed by atoms with van der Waals surface area (Å²) < 4.78 is 5.34. The van der Waals surface area contributed by atoms with Gasteiger partial charge in [-0.3, -0.25) is 0 Å². The van der Waals surface area contributed by atoms with Crippen LogP contribution in [-0.4, -0.2) is 53.5 Å². The van der Waals surface area contributed by atoms with Gasteiger partial charge in [-0.05, 0) is 51.4 Å². The molecule has 1 heterocycles. The predicted molar refractivity (Wildman–Crippen MR) is 90.8 cm³/mol. The molecule has 0 saturated carbocycles. The smallest absolute Gasteiger partial charge is 0.410 e. The third-order valence-corrected chi connectivity index (χ3v) is 3.89. The van der Waals surface area contributed by atoms with E-state index in [9.17, 15) is 9.90 Å². The summed E-state index contributed by atoms with van der Waals surface area (Å²) in [6.45, 7) is 6.95. The van der Waals surface area contributed by atoms with Gasteiger partial charge in [0, 0.05) is 11.6 Å². The fraction of sp³-hybridized carbons (Fsp3) is 0.588. The molecular formula is C17H25ClN2O3. The number of β-amino-alcohol motifs (C(OH)–C–C–N with tert-alkyl or cyclic N) is 1. The summed E-state index contributed by atoms with van der Waals surface area (Å²) in [5, 5.41) is 14.1. The lowest BCUT2D eigenvalue weighted by Crippen LogP contribution is -2.41. The molecule has 23 heavy (non-hydrogen) atoms. The summed E-state index contributed by atoms with van der Waals surface area (Å²) in [5.74, 6) is 0. The van der Waals surface area contributed by atoms with Crippen LogP contribution in [0.4, 0.5) is 4.79 Å². The highest BCUT2D eigenvalue weighted by Crippen LogP contribution is 2.16. The van der Waals surface area contributed by atoms with Gasteiger partial charge in [0.1, 0.15) is 5.60 Å². The van der Waals surface area contributed by atoms with Gasteiger partial charge in [-0.1, -0.05) is 23.7 Å². The van der Waals surface area contributed by atoms with Crippen LogP contribution in [0.5, 0.6) is 0 Å². The van der Waals surface area contributed by atoms with Gasteiger partial charge < -0.3 is 20.1 Å². The monoisotopic (exact) mass is 340 g/mol. The first-order valence-corrected chi connectivity index (χ1v) is 8.26. The average Bonchev–Trinajstić information content (AvgIpc) is 2.79. The van der Waals surface area contributed by atoms with Gasteiger partial charge in [-0.2, -0.15) is 0 Å². The molecule has 2 rings (SSSR count). The standard InChI is InChI=1S/C17H25ClN2O3/c1-17(2,3)23-16(22)20-10-14(15(21)11-20)19-8-7-12-5-4-6-13(18)9-12/h4-6,9,14-15,19,21H,7-8,10-11H2,1-3H3. The highest BCUT2D eigenvalue weighted by molar-refractivity contribution is 6.30. The van der Waals surface area contributed by atoms with Crippen molar-refractivity contribution >= 4 is 17.7 Å². The quantitative estimate of drug-likeness (QED) is 0.883. The number of carbonyl (C=O) groups is 1. The Hall–Kier alpha value is -1.30. The Morgan fingerprint density at radius 2 is 2.17 bits per heavy atom. The molecule has 1 aliphatic heterocycles. The van der Waals surface area contributed by atoms with E-state index in [-0.39, 0.29) is 12.1 Å². The lowest BCUT2D eigenvalue weighted by atomic mass is 10.1. The number of ether oxygens (including phenoxy) is 1. The summed E-state index contributed by atoms with van der Waals surface area (Å²) in [4.78, 5) is 13.6. The van der Waals surface area contributed by atoms with Crippen LogP contribution in [0.2, 0.25) is 5.02 Å².